The Bertz CT molecular complexity index is 316. The monoisotopic (exact) mass is 234 g/mol. The Kier molecular flexibility index (Phi) is 6.52. The van der Waals surface area contributed by atoms with Gasteiger partial charge in [0, 0.05) is 0 Å². The van der Waals surface area contributed by atoms with Crippen molar-refractivity contribution in [1.82, 2.24) is 0 Å². The minimum atomic E-state index is 0.232. The average Bonchev–Trinajstić information content (AvgIpc) is 2.21. The van der Waals surface area contributed by atoms with Crippen LogP contribution in [0, 0.1) is 11.3 Å². The summed E-state index contributed by atoms with van der Waals surface area (Å²) in [5.41, 5.74) is 4.62. The molecule has 0 nitrogen and oxygen atoms in total. The van der Waals surface area contributed by atoms with Crippen LogP contribution >= 0.6 is 0 Å². The topological polar surface area (TPSA) is 0 Å². The quantitative estimate of drug-likeness (QED) is 0.530. The zero-order chi connectivity index (χ0) is 13.6. The predicted octanol–water partition coefficient (Wildman–Crippen LogP) is 5.92. The lowest BCUT2D eigenvalue weighted by Gasteiger charge is -2.23. The lowest BCUT2D eigenvalue weighted by molar-refractivity contribution is 0.510. The van der Waals surface area contributed by atoms with Gasteiger partial charge in [-0.25, -0.2) is 0 Å². The van der Waals surface area contributed by atoms with E-state index in [0.717, 1.165) is 6.42 Å². The summed E-state index contributed by atoms with van der Waals surface area (Å²) in [6.07, 6.45) is 7.85. The summed E-state index contributed by atoms with van der Waals surface area (Å²) >= 11 is 0. The highest BCUT2D eigenvalue weighted by atomic mass is 14.2. The van der Waals surface area contributed by atoms with Gasteiger partial charge in [-0.1, -0.05) is 70.9 Å². The summed E-state index contributed by atoms with van der Waals surface area (Å²) in [5.74, 6) is 0.633. The molecule has 0 heterocycles. The molecule has 17 heavy (non-hydrogen) atoms. The molecule has 0 aromatic heterocycles. The second-order valence-corrected chi connectivity index (χ2v) is 6.22. The molecule has 0 amide bonds. The fourth-order valence-electron chi connectivity index (χ4n) is 1.71. The Balaban J connectivity index is 5.06. The van der Waals surface area contributed by atoms with Crippen molar-refractivity contribution in [3.8, 4) is 0 Å². The van der Waals surface area contributed by atoms with Gasteiger partial charge < -0.3 is 0 Å². The first kappa shape index (κ1) is 16.2. The van der Waals surface area contributed by atoms with E-state index in [1.807, 2.05) is 0 Å². The van der Waals surface area contributed by atoms with Crippen molar-refractivity contribution in [1.29, 1.82) is 0 Å². The molecule has 0 aromatic carbocycles. The zero-order valence-electron chi connectivity index (χ0n) is 13.0. The number of allylic oxidation sites excluding steroid dienone is 6. The van der Waals surface area contributed by atoms with E-state index in [0.29, 0.717) is 5.92 Å². The van der Waals surface area contributed by atoms with Crippen LogP contribution in [0.15, 0.2) is 34.9 Å². The summed E-state index contributed by atoms with van der Waals surface area (Å²) in [6, 6.07) is 0. The van der Waals surface area contributed by atoms with Gasteiger partial charge >= 0.3 is 0 Å². The summed E-state index contributed by atoms with van der Waals surface area (Å²) < 4.78 is 0. The first-order valence-corrected chi connectivity index (χ1v) is 6.75. The van der Waals surface area contributed by atoms with E-state index < -0.39 is 0 Å². The fraction of sp³-hybridized carbons (Fsp3) is 0.647. The summed E-state index contributed by atoms with van der Waals surface area (Å²) in [4.78, 5) is 0. The molecular weight excluding hydrogens is 204 g/mol. The van der Waals surface area contributed by atoms with Crippen LogP contribution < -0.4 is 0 Å². The van der Waals surface area contributed by atoms with Crippen molar-refractivity contribution >= 4 is 0 Å². The van der Waals surface area contributed by atoms with E-state index in [9.17, 15) is 0 Å². The maximum atomic E-state index is 2.28. The van der Waals surface area contributed by atoms with Crippen molar-refractivity contribution in [3.05, 3.63) is 34.9 Å². The third-order valence-electron chi connectivity index (χ3n) is 3.33. The van der Waals surface area contributed by atoms with Crippen molar-refractivity contribution in [2.75, 3.05) is 0 Å². The van der Waals surface area contributed by atoms with E-state index in [-0.39, 0.29) is 5.41 Å². The minimum Gasteiger partial charge on any atom is -0.0708 e. The Morgan fingerprint density at radius 1 is 1.12 bits per heavy atom. The molecule has 0 unspecified atom stereocenters. The first-order chi connectivity index (χ1) is 7.70. The first-order valence-electron chi connectivity index (χ1n) is 6.75. The molecule has 0 bridgehead atoms. The third kappa shape index (κ3) is 5.91. The van der Waals surface area contributed by atoms with Crippen LogP contribution in [-0.4, -0.2) is 0 Å². The van der Waals surface area contributed by atoms with Gasteiger partial charge in [0.2, 0.25) is 0 Å². The molecule has 0 saturated heterocycles. The Hall–Kier alpha value is -0.780. The van der Waals surface area contributed by atoms with Crippen LogP contribution in [0.25, 0.3) is 0 Å². The zero-order valence-corrected chi connectivity index (χ0v) is 13.0. The molecule has 0 spiro atoms. The lowest BCUT2D eigenvalue weighted by Crippen LogP contribution is -2.09. The van der Waals surface area contributed by atoms with Crippen LogP contribution in [0.4, 0.5) is 0 Å². The Labute approximate surface area is 109 Å². The molecule has 0 heteroatoms. The average molecular weight is 234 g/mol. The van der Waals surface area contributed by atoms with Crippen molar-refractivity contribution < 1.29 is 0 Å². The van der Waals surface area contributed by atoms with Crippen LogP contribution in [0.2, 0.25) is 0 Å². The molecule has 0 N–H and O–H groups in total. The van der Waals surface area contributed by atoms with Gasteiger partial charge in [0.15, 0.2) is 0 Å². The summed E-state index contributed by atoms with van der Waals surface area (Å²) in [7, 11) is 0. The Morgan fingerprint density at radius 3 is 2.00 bits per heavy atom. The second-order valence-electron chi connectivity index (χ2n) is 6.22. The van der Waals surface area contributed by atoms with Gasteiger partial charge in [-0.15, -0.1) is 0 Å². The standard InChI is InChI=1S/C17H30/c1-9-14(4)16(17(6,7)8)12-10-11-15(5)13(2)3/h10-13H,9H2,1-8H3. The summed E-state index contributed by atoms with van der Waals surface area (Å²) in [6.45, 7) is 18.0. The van der Waals surface area contributed by atoms with Crippen molar-refractivity contribution in [3.63, 3.8) is 0 Å². The van der Waals surface area contributed by atoms with Crippen molar-refractivity contribution in [2.45, 2.75) is 61.8 Å². The molecule has 0 fully saturated rings. The SMILES string of the molecule is CCC(C)=C(C=CC=C(C)C(C)C)C(C)(C)C. The van der Waals surface area contributed by atoms with Crippen LogP contribution in [0.1, 0.15) is 61.8 Å². The van der Waals surface area contributed by atoms with Gasteiger partial charge in [-0.3, -0.25) is 0 Å². The van der Waals surface area contributed by atoms with Gasteiger partial charge in [0.1, 0.15) is 0 Å². The van der Waals surface area contributed by atoms with Crippen molar-refractivity contribution in [2.24, 2.45) is 11.3 Å². The largest absolute Gasteiger partial charge is 0.0708 e. The lowest BCUT2D eigenvalue weighted by atomic mass is 9.82. The smallest absolute Gasteiger partial charge is 0.0132 e. The van der Waals surface area contributed by atoms with Gasteiger partial charge in [-0.2, -0.15) is 0 Å². The fourth-order valence-corrected chi connectivity index (χ4v) is 1.71. The number of hydrogen-bond donors (Lipinski definition) is 0. The normalized spacial score (nSPS) is 15.7. The molecule has 0 aliphatic rings. The molecule has 0 atom stereocenters. The van der Waals surface area contributed by atoms with E-state index in [1.165, 1.54) is 16.7 Å². The summed E-state index contributed by atoms with van der Waals surface area (Å²) in [5, 5.41) is 0. The van der Waals surface area contributed by atoms with Gasteiger partial charge in [-0.05, 0) is 37.2 Å². The van der Waals surface area contributed by atoms with Crippen LogP contribution in [0.5, 0.6) is 0 Å². The number of hydrogen-bond acceptors (Lipinski definition) is 0. The highest BCUT2D eigenvalue weighted by Crippen LogP contribution is 2.30. The maximum absolute atomic E-state index is 2.28. The molecule has 0 aliphatic heterocycles. The van der Waals surface area contributed by atoms with Crippen LogP contribution in [0.3, 0.4) is 0 Å². The molecule has 0 rings (SSSR count). The highest BCUT2D eigenvalue weighted by molar-refractivity contribution is 5.32. The van der Waals surface area contributed by atoms with E-state index in [1.54, 1.807) is 0 Å². The van der Waals surface area contributed by atoms with Gasteiger partial charge in [0.05, 0.1) is 0 Å². The molecule has 0 radical (unpaired) electrons. The van der Waals surface area contributed by atoms with Gasteiger partial charge in [0.25, 0.3) is 0 Å². The molecule has 0 aliphatic carbocycles. The number of rotatable bonds is 4. The molecule has 98 valence electrons. The molecule has 0 aromatic rings. The third-order valence-corrected chi connectivity index (χ3v) is 3.33. The highest BCUT2D eigenvalue weighted by Gasteiger charge is 2.16. The molecular formula is C17H30. The molecule has 0 saturated carbocycles. The van der Waals surface area contributed by atoms with E-state index in [4.69, 9.17) is 0 Å². The second kappa shape index (κ2) is 6.83. The minimum absolute atomic E-state index is 0.232. The van der Waals surface area contributed by atoms with Crippen LogP contribution in [-0.2, 0) is 0 Å². The Morgan fingerprint density at radius 2 is 1.65 bits per heavy atom. The maximum Gasteiger partial charge on any atom is -0.0132 e. The van der Waals surface area contributed by atoms with E-state index in [2.05, 4.69) is 73.6 Å². The predicted molar refractivity (Wildman–Crippen MR) is 80.2 cm³/mol. The van der Waals surface area contributed by atoms with E-state index >= 15 is 0 Å².